The minimum atomic E-state index is -0.450. The van der Waals surface area contributed by atoms with Crippen molar-refractivity contribution in [3.8, 4) is 16.8 Å². The molecule has 10 nitrogen and oxygen atoms in total. The molecule has 1 aliphatic carbocycles. The van der Waals surface area contributed by atoms with Gasteiger partial charge in [0, 0.05) is 23.6 Å². The van der Waals surface area contributed by atoms with Gasteiger partial charge in [-0.25, -0.2) is 14.6 Å². The van der Waals surface area contributed by atoms with E-state index in [1.165, 1.54) is 18.4 Å². The van der Waals surface area contributed by atoms with E-state index in [1.54, 1.807) is 0 Å². The van der Waals surface area contributed by atoms with Gasteiger partial charge in [0.1, 0.15) is 11.3 Å². The Kier molecular flexibility index (Phi) is 5.61. The SMILES string of the molecule is CCc1nc2c(C)cc(C)nc2n1Cc1ccc(-c2cc(-n3cc(C4CC4)nn3)ccc2C2N=NN=N2)cc1. The average molecular weight is 517 g/mol. The fourth-order valence-electron chi connectivity index (χ4n) is 5.28. The highest BCUT2D eigenvalue weighted by atomic mass is 15.6. The molecule has 0 radical (unpaired) electrons. The fraction of sp³-hybridized carbons (Fsp3) is 0.310. The lowest BCUT2D eigenvalue weighted by atomic mass is 9.96. The number of hydrogen-bond donors (Lipinski definition) is 0. The lowest BCUT2D eigenvalue weighted by Gasteiger charge is -2.14. The van der Waals surface area contributed by atoms with E-state index in [-0.39, 0.29) is 0 Å². The van der Waals surface area contributed by atoms with Crippen LogP contribution in [0.3, 0.4) is 0 Å². The van der Waals surface area contributed by atoms with Crippen LogP contribution in [-0.2, 0) is 13.0 Å². The molecule has 7 rings (SSSR count). The van der Waals surface area contributed by atoms with E-state index in [0.717, 1.165) is 62.7 Å². The predicted octanol–water partition coefficient (Wildman–Crippen LogP) is 6.62. The summed E-state index contributed by atoms with van der Waals surface area (Å²) in [5.41, 5.74) is 10.3. The van der Waals surface area contributed by atoms with E-state index in [9.17, 15) is 0 Å². The number of aryl methyl sites for hydroxylation is 3. The Morgan fingerprint density at radius 2 is 1.72 bits per heavy atom. The molecule has 0 bridgehead atoms. The molecule has 5 aromatic rings. The van der Waals surface area contributed by atoms with Crippen molar-refractivity contribution >= 4 is 11.2 Å². The summed E-state index contributed by atoms with van der Waals surface area (Å²) < 4.78 is 4.08. The summed E-state index contributed by atoms with van der Waals surface area (Å²) in [5, 5.41) is 24.6. The molecule has 4 heterocycles. The van der Waals surface area contributed by atoms with Gasteiger partial charge in [0.05, 0.1) is 24.1 Å². The van der Waals surface area contributed by atoms with Crippen molar-refractivity contribution in [1.82, 2.24) is 29.5 Å². The lowest BCUT2D eigenvalue weighted by molar-refractivity contribution is 0.745. The first kappa shape index (κ1) is 23.5. The van der Waals surface area contributed by atoms with Crippen molar-refractivity contribution < 1.29 is 0 Å². The Morgan fingerprint density at radius 1 is 0.923 bits per heavy atom. The summed E-state index contributed by atoms with van der Waals surface area (Å²) in [6, 6.07) is 16.9. The molecule has 2 aliphatic rings. The van der Waals surface area contributed by atoms with Gasteiger partial charge in [-0.2, -0.15) is 0 Å². The molecule has 10 heteroatoms. The van der Waals surface area contributed by atoms with Crippen LogP contribution in [0.4, 0.5) is 0 Å². The number of nitrogens with zero attached hydrogens (tertiary/aromatic N) is 10. The molecule has 0 N–H and O–H groups in total. The summed E-state index contributed by atoms with van der Waals surface area (Å²) in [4.78, 5) is 9.72. The molecular formula is C29H28N10. The number of benzene rings is 2. The van der Waals surface area contributed by atoms with Gasteiger partial charge in [-0.15, -0.1) is 15.3 Å². The maximum absolute atomic E-state index is 4.89. The van der Waals surface area contributed by atoms with Crippen molar-refractivity contribution in [2.24, 2.45) is 20.7 Å². The van der Waals surface area contributed by atoms with Crippen LogP contribution in [0, 0.1) is 13.8 Å². The summed E-state index contributed by atoms with van der Waals surface area (Å²) in [6.45, 7) is 6.98. The van der Waals surface area contributed by atoms with Gasteiger partial charge in [-0.3, -0.25) is 0 Å². The smallest absolute Gasteiger partial charge is 0.211 e. The Labute approximate surface area is 225 Å². The van der Waals surface area contributed by atoms with E-state index in [4.69, 9.17) is 9.97 Å². The zero-order chi connectivity index (χ0) is 26.5. The maximum Gasteiger partial charge on any atom is 0.211 e. The molecule has 0 atom stereocenters. The van der Waals surface area contributed by atoms with Gasteiger partial charge in [-0.05, 0) is 77.6 Å². The van der Waals surface area contributed by atoms with Crippen LogP contribution in [0.2, 0.25) is 0 Å². The molecule has 1 fully saturated rings. The van der Waals surface area contributed by atoms with Crippen LogP contribution in [0.1, 0.15) is 65.8 Å². The molecule has 39 heavy (non-hydrogen) atoms. The molecule has 0 spiro atoms. The van der Waals surface area contributed by atoms with Crippen molar-refractivity contribution in [1.29, 1.82) is 0 Å². The number of rotatable bonds is 7. The minimum Gasteiger partial charge on any atom is -0.308 e. The first-order valence-electron chi connectivity index (χ1n) is 13.4. The highest BCUT2D eigenvalue weighted by Gasteiger charge is 2.27. The largest absolute Gasteiger partial charge is 0.308 e. The van der Waals surface area contributed by atoms with Gasteiger partial charge < -0.3 is 4.57 Å². The second kappa shape index (κ2) is 9.30. The number of fused-ring (bicyclic) bond motifs is 1. The van der Waals surface area contributed by atoms with E-state index in [1.807, 2.05) is 29.9 Å². The summed E-state index contributed by atoms with van der Waals surface area (Å²) in [7, 11) is 0. The van der Waals surface area contributed by atoms with Gasteiger partial charge in [0.15, 0.2) is 5.65 Å². The first-order valence-corrected chi connectivity index (χ1v) is 13.4. The molecule has 2 aromatic carbocycles. The zero-order valence-electron chi connectivity index (χ0n) is 22.2. The molecule has 1 aliphatic heterocycles. The van der Waals surface area contributed by atoms with Crippen LogP contribution >= 0.6 is 0 Å². The number of imidazole rings is 1. The third-order valence-corrected chi connectivity index (χ3v) is 7.47. The lowest BCUT2D eigenvalue weighted by Crippen LogP contribution is -2.06. The standard InChI is InChI=1S/C29H28N10/c1-4-26-31-27-17(2)13-18(3)30-29(27)38(26)15-19-5-7-20(8-6-19)24-14-22(11-12-23(24)28-33-35-36-34-28)39-16-25(32-37-39)21-9-10-21/h5-8,11-14,16,21,28H,4,9-10,15H2,1-3H3. The number of pyridine rings is 1. The predicted molar refractivity (Wildman–Crippen MR) is 147 cm³/mol. The maximum atomic E-state index is 4.89. The van der Waals surface area contributed by atoms with Gasteiger partial charge in [-0.1, -0.05) is 42.5 Å². The fourth-order valence-corrected chi connectivity index (χ4v) is 5.28. The topological polar surface area (TPSA) is 111 Å². The van der Waals surface area contributed by atoms with Crippen LogP contribution in [0.5, 0.6) is 0 Å². The normalized spacial score (nSPS) is 15.2. The molecule has 0 unspecified atom stereocenters. The third kappa shape index (κ3) is 4.31. The Bertz CT molecular complexity index is 1740. The van der Waals surface area contributed by atoms with Crippen LogP contribution in [0.25, 0.3) is 28.0 Å². The van der Waals surface area contributed by atoms with Crippen molar-refractivity contribution in [3.63, 3.8) is 0 Å². The van der Waals surface area contributed by atoms with Crippen LogP contribution < -0.4 is 0 Å². The van der Waals surface area contributed by atoms with Crippen molar-refractivity contribution in [2.75, 3.05) is 0 Å². The Morgan fingerprint density at radius 3 is 2.46 bits per heavy atom. The minimum absolute atomic E-state index is 0.450. The second-order valence-electron chi connectivity index (χ2n) is 10.3. The monoisotopic (exact) mass is 516 g/mol. The summed E-state index contributed by atoms with van der Waals surface area (Å²) >= 11 is 0. The van der Waals surface area contributed by atoms with E-state index in [0.29, 0.717) is 12.5 Å². The van der Waals surface area contributed by atoms with E-state index >= 15 is 0 Å². The molecule has 0 saturated heterocycles. The van der Waals surface area contributed by atoms with Crippen molar-refractivity contribution in [2.45, 2.75) is 58.7 Å². The molecule has 1 saturated carbocycles. The third-order valence-electron chi connectivity index (χ3n) is 7.47. The zero-order valence-corrected chi connectivity index (χ0v) is 22.2. The summed E-state index contributed by atoms with van der Waals surface area (Å²) in [5.74, 6) is 1.59. The molecule has 3 aromatic heterocycles. The van der Waals surface area contributed by atoms with E-state index < -0.39 is 6.17 Å². The van der Waals surface area contributed by atoms with Gasteiger partial charge in [0.25, 0.3) is 0 Å². The first-order chi connectivity index (χ1) is 19.1. The molecule has 0 amide bonds. The van der Waals surface area contributed by atoms with E-state index in [2.05, 4.69) is 85.8 Å². The van der Waals surface area contributed by atoms with Gasteiger partial charge in [0.2, 0.25) is 6.17 Å². The number of aromatic nitrogens is 6. The van der Waals surface area contributed by atoms with Crippen LogP contribution in [0.15, 0.2) is 75.4 Å². The van der Waals surface area contributed by atoms with Gasteiger partial charge >= 0.3 is 0 Å². The Balaban J connectivity index is 1.25. The second-order valence-corrected chi connectivity index (χ2v) is 10.3. The Hall–Kier alpha value is -4.60. The quantitative estimate of drug-likeness (QED) is 0.242. The number of hydrogen-bond acceptors (Lipinski definition) is 8. The highest BCUT2D eigenvalue weighted by Crippen LogP contribution is 2.39. The average Bonchev–Trinajstić information content (AvgIpc) is 3.31. The molecule has 194 valence electrons. The van der Waals surface area contributed by atoms with Crippen LogP contribution in [-0.4, -0.2) is 29.5 Å². The summed E-state index contributed by atoms with van der Waals surface area (Å²) in [6.07, 6.45) is 4.81. The highest BCUT2D eigenvalue weighted by molar-refractivity contribution is 5.76. The molecular weight excluding hydrogens is 488 g/mol. The van der Waals surface area contributed by atoms with Crippen molar-refractivity contribution in [3.05, 3.63) is 88.6 Å².